The van der Waals surface area contributed by atoms with E-state index in [2.05, 4.69) is 16.7 Å². The Morgan fingerprint density at radius 3 is 2.71 bits per heavy atom. The second-order valence-corrected chi connectivity index (χ2v) is 5.62. The monoisotopic (exact) mass is 280 g/mol. The number of carbonyl (C=O) groups excluding carboxylic acids is 1. The molecular weight excluding hydrogens is 260 g/mol. The van der Waals surface area contributed by atoms with Crippen LogP contribution in [0.3, 0.4) is 0 Å². The lowest BCUT2D eigenvalue weighted by molar-refractivity contribution is 0.102. The van der Waals surface area contributed by atoms with Gasteiger partial charge in [0.25, 0.3) is 5.91 Å². The van der Waals surface area contributed by atoms with Crippen LogP contribution in [0.4, 0.5) is 5.69 Å². The van der Waals surface area contributed by atoms with E-state index in [4.69, 9.17) is 0 Å². The summed E-state index contributed by atoms with van der Waals surface area (Å²) in [4.78, 5) is 12.3. The number of benzene rings is 2. The van der Waals surface area contributed by atoms with Crippen molar-refractivity contribution in [2.75, 3.05) is 5.32 Å². The Morgan fingerprint density at radius 2 is 1.95 bits per heavy atom. The fourth-order valence-corrected chi connectivity index (χ4v) is 2.33. The topological polar surface area (TPSA) is 41.1 Å². The van der Waals surface area contributed by atoms with Crippen molar-refractivity contribution in [2.24, 2.45) is 0 Å². The average molecular weight is 280 g/mol. The first-order valence-corrected chi connectivity index (χ1v) is 7.42. The Morgan fingerprint density at radius 1 is 1.14 bits per heavy atom. The van der Waals surface area contributed by atoms with Gasteiger partial charge in [-0.15, -0.1) is 0 Å². The van der Waals surface area contributed by atoms with Gasteiger partial charge < -0.3 is 10.6 Å². The van der Waals surface area contributed by atoms with Crippen LogP contribution in [0.5, 0.6) is 0 Å². The van der Waals surface area contributed by atoms with Crippen LogP contribution in [-0.4, -0.2) is 11.9 Å². The van der Waals surface area contributed by atoms with Crippen LogP contribution in [0.15, 0.2) is 48.5 Å². The van der Waals surface area contributed by atoms with Gasteiger partial charge in [-0.2, -0.15) is 0 Å². The molecule has 2 aromatic carbocycles. The van der Waals surface area contributed by atoms with Crippen molar-refractivity contribution >= 4 is 11.6 Å². The maximum Gasteiger partial charge on any atom is 0.255 e. The van der Waals surface area contributed by atoms with Gasteiger partial charge >= 0.3 is 0 Å². The summed E-state index contributed by atoms with van der Waals surface area (Å²) < 4.78 is 0. The Balaban J connectivity index is 1.67. The Hall–Kier alpha value is -2.13. The van der Waals surface area contributed by atoms with Gasteiger partial charge in [-0.25, -0.2) is 0 Å². The summed E-state index contributed by atoms with van der Waals surface area (Å²) in [7, 11) is 0. The summed E-state index contributed by atoms with van der Waals surface area (Å²) in [6, 6.07) is 16.3. The highest BCUT2D eigenvalue weighted by Crippen LogP contribution is 2.20. The molecule has 0 radical (unpaired) electrons. The lowest BCUT2D eigenvalue weighted by Gasteiger charge is -2.09. The zero-order valence-corrected chi connectivity index (χ0v) is 12.2. The fourth-order valence-electron chi connectivity index (χ4n) is 2.33. The van der Waals surface area contributed by atoms with E-state index in [1.54, 1.807) is 0 Å². The van der Waals surface area contributed by atoms with Crippen molar-refractivity contribution < 1.29 is 4.79 Å². The van der Waals surface area contributed by atoms with E-state index in [9.17, 15) is 4.79 Å². The molecule has 3 heteroatoms. The number of rotatable bonds is 5. The SMILES string of the molecule is Cc1ccccc1C(=O)Nc1cccc(CNC2CC2)c1. The first kappa shape index (κ1) is 13.8. The molecule has 1 saturated carbocycles. The molecule has 2 aromatic rings. The van der Waals surface area contributed by atoms with Crippen molar-refractivity contribution in [3.05, 3.63) is 65.2 Å². The van der Waals surface area contributed by atoms with Crippen LogP contribution in [0.25, 0.3) is 0 Å². The summed E-state index contributed by atoms with van der Waals surface area (Å²) in [5.74, 6) is -0.0552. The maximum absolute atomic E-state index is 12.3. The molecule has 3 nitrogen and oxygen atoms in total. The standard InChI is InChI=1S/C18H20N2O/c1-13-5-2-3-8-17(13)18(21)20-16-7-4-6-14(11-16)12-19-15-9-10-15/h2-8,11,15,19H,9-10,12H2,1H3,(H,20,21). The third kappa shape index (κ3) is 3.70. The third-order valence-electron chi connectivity index (χ3n) is 3.75. The molecule has 0 saturated heterocycles. The van der Waals surface area contributed by atoms with E-state index in [-0.39, 0.29) is 5.91 Å². The van der Waals surface area contributed by atoms with Crippen molar-refractivity contribution in [3.63, 3.8) is 0 Å². The fraction of sp³-hybridized carbons (Fsp3) is 0.278. The van der Waals surface area contributed by atoms with Crippen molar-refractivity contribution in [1.29, 1.82) is 0 Å². The maximum atomic E-state index is 12.3. The summed E-state index contributed by atoms with van der Waals surface area (Å²) in [6.07, 6.45) is 2.56. The highest BCUT2D eigenvalue weighted by atomic mass is 16.1. The molecule has 0 aliphatic heterocycles. The molecule has 21 heavy (non-hydrogen) atoms. The molecule has 0 atom stereocenters. The molecule has 1 aliphatic carbocycles. The second kappa shape index (κ2) is 6.10. The zero-order chi connectivity index (χ0) is 14.7. The average Bonchev–Trinajstić information content (AvgIpc) is 3.30. The van der Waals surface area contributed by atoms with E-state index in [0.29, 0.717) is 6.04 Å². The first-order chi connectivity index (χ1) is 10.2. The third-order valence-corrected chi connectivity index (χ3v) is 3.75. The van der Waals surface area contributed by atoms with Crippen LogP contribution in [0.2, 0.25) is 0 Å². The first-order valence-electron chi connectivity index (χ1n) is 7.42. The van der Waals surface area contributed by atoms with Crippen LogP contribution < -0.4 is 10.6 Å². The summed E-state index contributed by atoms with van der Waals surface area (Å²) >= 11 is 0. The van der Waals surface area contributed by atoms with E-state index in [0.717, 1.165) is 23.4 Å². The minimum Gasteiger partial charge on any atom is -0.322 e. The lowest BCUT2D eigenvalue weighted by Crippen LogP contribution is -2.16. The van der Waals surface area contributed by atoms with Gasteiger partial charge in [0.05, 0.1) is 0 Å². The van der Waals surface area contributed by atoms with Gasteiger partial charge in [0, 0.05) is 23.8 Å². The van der Waals surface area contributed by atoms with Gasteiger partial charge in [-0.05, 0) is 49.1 Å². The Labute approximate surface area is 125 Å². The van der Waals surface area contributed by atoms with Gasteiger partial charge in [-0.1, -0.05) is 30.3 Å². The molecule has 1 fully saturated rings. The second-order valence-electron chi connectivity index (χ2n) is 5.62. The quantitative estimate of drug-likeness (QED) is 0.880. The number of carbonyl (C=O) groups is 1. The molecule has 108 valence electrons. The summed E-state index contributed by atoms with van der Waals surface area (Å²) in [6.45, 7) is 2.81. The molecule has 1 amide bonds. The summed E-state index contributed by atoms with van der Waals surface area (Å²) in [5, 5.41) is 6.46. The molecule has 3 rings (SSSR count). The number of hydrogen-bond donors (Lipinski definition) is 2. The minimum atomic E-state index is -0.0552. The molecule has 0 bridgehead atoms. The van der Waals surface area contributed by atoms with E-state index < -0.39 is 0 Å². The molecule has 1 aliphatic rings. The number of aryl methyl sites for hydroxylation is 1. The van der Waals surface area contributed by atoms with Gasteiger partial charge in [-0.3, -0.25) is 4.79 Å². The van der Waals surface area contributed by atoms with Crippen LogP contribution in [-0.2, 0) is 6.54 Å². The number of hydrogen-bond acceptors (Lipinski definition) is 2. The van der Waals surface area contributed by atoms with E-state index in [1.807, 2.05) is 49.4 Å². The van der Waals surface area contributed by atoms with Crippen molar-refractivity contribution in [3.8, 4) is 0 Å². The summed E-state index contributed by atoms with van der Waals surface area (Å²) in [5.41, 5.74) is 3.75. The van der Waals surface area contributed by atoms with Crippen molar-refractivity contribution in [1.82, 2.24) is 5.32 Å². The van der Waals surface area contributed by atoms with Crippen LogP contribution in [0.1, 0.15) is 34.3 Å². The molecule has 2 N–H and O–H groups in total. The molecule has 0 spiro atoms. The van der Waals surface area contributed by atoms with Crippen molar-refractivity contribution in [2.45, 2.75) is 32.4 Å². The van der Waals surface area contributed by atoms with E-state index >= 15 is 0 Å². The number of nitrogens with one attached hydrogen (secondary N) is 2. The molecule has 0 unspecified atom stereocenters. The molecule has 0 heterocycles. The Bertz CT molecular complexity index is 647. The van der Waals surface area contributed by atoms with Gasteiger partial charge in [0.2, 0.25) is 0 Å². The van der Waals surface area contributed by atoms with Crippen LogP contribution >= 0.6 is 0 Å². The highest BCUT2D eigenvalue weighted by Gasteiger charge is 2.19. The molecular formula is C18H20N2O. The minimum absolute atomic E-state index is 0.0552. The Kier molecular flexibility index (Phi) is 4.02. The van der Waals surface area contributed by atoms with E-state index in [1.165, 1.54) is 18.4 Å². The lowest BCUT2D eigenvalue weighted by atomic mass is 10.1. The van der Waals surface area contributed by atoms with Crippen LogP contribution in [0, 0.1) is 6.92 Å². The predicted molar refractivity (Wildman–Crippen MR) is 85.4 cm³/mol. The molecule has 0 aromatic heterocycles. The number of amides is 1. The largest absolute Gasteiger partial charge is 0.322 e. The normalized spacial score (nSPS) is 14.0. The van der Waals surface area contributed by atoms with Gasteiger partial charge in [0.1, 0.15) is 0 Å². The number of anilines is 1. The van der Waals surface area contributed by atoms with Gasteiger partial charge in [0.15, 0.2) is 0 Å². The predicted octanol–water partition coefficient (Wildman–Crippen LogP) is 3.50. The smallest absolute Gasteiger partial charge is 0.255 e. The zero-order valence-electron chi connectivity index (χ0n) is 12.2. The highest BCUT2D eigenvalue weighted by molar-refractivity contribution is 6.05.